The number of aromatic nitrogens is 6. The van der Waals surface area contributed by atoms with E-state index in [1.807, 2.05) is 9.80 Å². The number of nitrogens with one attached hydrogen (secondary N) is 2. The van der Waals surface area contributed by atoms with E-state index < -0.39 is 0 Å². The van der Waals surface area contributed by atoms with E-state index in [1.165, 1.54) is 0 Å². The van der Waals surface area contributed by atoms with E-state index in [0.29, 0.717) is 24.2 Å². The molecule has 0 bridgehead atoms. The van der Waals surface area contributed by atoms with Crippen molar-refractivity contribution in [3.63, 3.8) is 0 Å². The van der Waals surface area contributed by atoms with Crippen LogP contribution in [0.25, 0.3) is 44.3 Å². The van der Waals surface area contributed by atoms with Gasteiger partial charge < -0.3 is 19.8 Å². The number of imidazole rings is 2. The minimum atomic E-state index is -0.0830. The maximum Gasteiger partial charge on any atom is 0.254 e. The lowest BCUT2D eigenvalue weighted by Gasteiger charge is -2.23. The maximum absolute atomic E-state index is 13.3. The fraction of sp³-hybridized carbons (Fsp3) is 0.200. The molecule has 4 aromatic heterocycles. The summed E-state index contributed by atoms with van der Waals surface area (Å²) in [6.45, 7) is 1.42. The van der Waals surface area contributed by atoms with E-state index >= 15 is 0 Å². The lowest BCUT2D eigenvalue weighted by atomic mass is 10.00. The highest BCUT2D eigenvalue weighted by atomic mass is 16.2. The minimum Gasteiger partial charge on any atom is -0.340 e. The Kier molecular flexibility index (Phi) is 7.41. The van der Waals surface area contributed by atoms with Gasteiger partial charge in [-0.1, -0.05) is 36.4 Å². The number of nitrogens with zero attached hydrogens (tertiary/aromatic N) is 6. The van der Waals surface area contributed by atoms with Crippen molar-refractivity contribution in [2.75, 3.05) is 13.1 Å². The van der Waals surface area contributed by atoms with Crippen molar-refractivity contribution < 1.29 is 9.59 Å². The molecule has 0 aliphatic carbocycles. The minimum absolute atomic E-state index is 0.0110. The number of amides is 2. The van der Waals surface area contributed by atoms with Crippen molar-refractivity contribution in [1.29, 1.82) is 0 Å². The lowest BCUT2D eigenvalue weighted by molar-refractivity contribution is 0.0723. The summed E-state index contributed by atoms with van der Waals surface area (Å²) in [6, 6.07) is 28.0. The van der Waals surface area contributed by atoms with Gasteiger partial charge in [0.05, 0.1) is 34.2 Å². The largest absolute Gasteiger partial charge is 0.340 e. The van der Waals surface area contributed by atoms with E-state index in [2.05, 4.69) is 80.6 Å². The molecule has 0 unspecified atom stereocenters. The molecule has 7 aromatic rings. The normalized spacial score (nSPS) is 17.6. The Morgan fingerprint density at radius 3 is 1.36 bits per heavy atom. The van der Waals surface area contributed by atoms with Crippen LogP contribution in [0.2, 0.25) is 0 Å². The highest BCUT2D eigenvalue weighted by Gasteiger charge is 2.34. The number of fused-ring (bicyclic) bond motifs is 2. The van der Waals surface area contributed by atoms with Gasteiger partial charge in [-0.05, 0) is 96.5 Å². The summed E-state index contributed by atoms with van der Waals surface area (Å²) in [5.41, 5.74) is 9.32. The van der Waals surface area contributed by atoms with Crippen molar-refractivity contribution in [2.24, 2.45) is 0 Å². The van der Waals surface area contributed by atoms with Crippen LogP contribution in [0.3, 0.4) is 0 Å². The molecule has 2 saturated heterocycles. The van der Waals surface area contributed by atoms with Gasteiger partial charge in [0.25, 0.3) is 11.8 Å². The number of likely N-dealkylation sites (tertiary alicyclic amines) is 2. The Bertz CT molecular complexity index is 2180. The van der Waals surface area contributed by atoms with Crippen molar-refractivity contribution in [3.05, 3.63) is 132 Å². The monoisotopic (exact) mass is 658 g/mol. The molecule has 2 N–H and O–H groups in total. The second kappa shape index (κ2) is 12.4. The predicted octanol–water partition coefficient (Wildman–Crippen LogP) is 7.52. The smallest absolute Gasteiger partial charge is 0.254 e. The van der Waals surface area contributed by atoms with Gasteiger partial charge in [-0.3, -0.25) is 19.6 Å². The molecule has 9 rings (SSSR count). The molecule has 2 fully saturated rings. The van der Waals surface area contributed by atoms with Crippen molar-refractivity contribution in [1.82, 2.24) is 39.7 Å². The van der Waals surface area contributed by atoms with E-state index in [-0.39, 0.29) is 23.9 Å². The number of carbonyl (C=O) groups excluding carboxylic acids is 2. The van der Waals surface area contributed by atoms with Crippen LogP contribution in [0, 0.1) is 0 Å². The molecule has 246 valence electrons. The predicted molar refractivity (Wildman–Crippen MR) is 191 cm³/mol. The average molecular weight is 659 g/mol. The summed E-state index contributed by atoms with van der Waals surface area (Å²) in [5.74, 6) is 1.67. The third-order valence-electron chi connectivity index (χ3n) is 10.1. The SMILES string of the molecule is O=C(c1ccncc1)N1CCC[C@H]1c1nc2cc(-c3ccc(-c4ccc5[nH]c([C@@H]6CCCN6C(=O)c6ccncc6)nc5c4)cc3)ccc2[nH]1. The van der Waals surface area contributed by atoms with Crippen LogP contribution in [0.5, 0.6) is 0 Å². The van der Waals surface area contributed by atoms with E-state index in [1.54, 1.807) is 49.1 Å². The molecule has 6 heterocycles. The summed E-state index contributed by atoms with van der Waals surface area (Å²) >= 11 is 0. The van der Waals surface area contributed by atoms with Crippen LogP contribution in [-0.2, 0) is 0 Å². The van der Waals surface area contributed by atoms with E-state index in [4.69, 9.17) is 9.97 Å². The molecule has 50 heavy (non-hydrogen) atoms. The molecule has 2 aliphatic heterocycles. The van der Waals surface area contributed by atoms with Gasteiger partial charge in [-0.15, -0.1) is 0 Å². The number of pyridine rings is 2. The molecule has 0 saturated carbocycles. The van der Waals surface area contributed by atoms with Crippen LogP contribution in [0.4, 0.5) is 0 Å². The van der Waals surface area contributed by atoms with E-state index in [9.17, 15) is 9.59 Å². The van der Waals surface area contributed by atoms with Gasteiger partial charge in [0.1, 0.15) is 11.6 Å². The number of hydrogen-bond acceptors (Lipinski definition) is 6. The van der Waals surface area contributed by atoms with Crippen molar-refractivity contribution >= 4 is 33.9 Å². The first-order valence-electron chi connectivity index (χ1n) is 17.1. The van der Waals surface area contributed by atoms with Crippen LogP contribution in [0.1, 0.15) is 70.1 Å². The Labute approximate surface area is 288 Å². The molecular formula is C40H34N8O2. The quantitative estimate of drug-likeness (QED) is 0.191. The Balaban J connectivity index is 0.932. The highest BCUT2D eigenvalue weighted by molar-refractivity contribution is 5.95. The number of H-pyrrole nitrogens is 2. The van der Waals surface area contributed by atoms with Crippen LogP contribution >= 0.6 is 0 Å². The Morgan fingerprint density at radius 1 is 0.540 bits per heavy atom. The summed E-state index contributed by atoms with van der Waals surface area (Å²) in [4.78, 5) is 55.3. The fourth-order valence-electron chi connectivity index (χ4n) is 7.49. The fourth-order valence-corrected chi connectivity index (χ4v) is 7.49. The van der Waals surface area contributed by atoms with Gasteiger partial charge in [-0.25, -0.2) is 9.97 Å². The molecule has 2 amide bonds. The zero-order valence-electron chi connectivity index (χ0n) is 27.3. The molecule has 0 spiro atoms. The molecule has 0 radical (unpaired) electrons. The second-order valence-corrected chi connectivity index (χ2v) is 13.1. The standard InChI is InChI=1S/C40H34N8O2/c49-39(27-13-17-41-18-14-27)47-21-1-3-35(47)37-43-31-11-9-29(23-33(31)45-37)25-5-7-26(8-6-25)30-10-12-32-34(24-30)46-38(44-32)36-4-2-22-48(36)40(50)28-15-19-42-20-16-28/h5-20,23-24,35-36H,1-4,21-22H2,(H,43,45)(H,44,46)/t35-,36-/m0/s1. The topological polar surface area (TPSA) is 124 Å². The van der Waals surface area contributed by atoms with Gasteiger partial charge in [0, 0.05) is 49.0 Å². The zero-order valence-corrected chi connectivity index (χ0v) is 27.3. The Hall–Kier alpha value is -6.16. The van der Waals surface area contributed by atoms with Crippen LogP contribution in [-0.4, -0.2) is 64.6 Å². The molecule has 10 nitrogen and oxygen atoms in total. The summed E-state index contributed by atoms with van der Waals surface area (Å²) in [6.07, 6.45) is 10.3. The van der Waals surface area contributed by atoms with Crippen molar-refractivity contribution in [3.8, 4) is 22.3 Å². The average Bonchev–Trinajstić information content (AvgIpc) is 4.00. The number of hydrogen-bond donors (Lipinski definition) is 2. The van der Waals surface area contributed by atoms with Gasteiger partial charge >= 0.3 is 0 Å². The van der Waals surface area contributed by atoms with Gasteiger partial charge in [0.2, 0.25) is 0 Å². The lowest BCUT2D eigenvalue weighted by Crippen LogP contribution is -2.31. The molecule has 10 heteroatoms. The second-order valence-electron chi connectivity index (χ2n) is 13.1. The number of benzene rings is 3. The van der Waals surface area contributed by atoms with Crippen molar-refractivity contribution in [2.45, 2.75) is 37.8 Å². The van der Waals surface area contributed by atoms with Gasteiger partial charge in [-0.2, -0.15) is 0 Å². The van der Waals surface area contributed by atoms with Crippen LogP contribution in [0.15, 0.2) is 110 Å². The van der Waals surface area contributed by atoms with Crippen LogP contribution < -0.4 is 0 Å². The zero-order chi connectivity index (χ0) is 33.6. The van der Waals surface area contributed by atoms with Gasteiger partial charge in [0.15, 0.2) is 0 Å². The number of aromatic amines is 2. The first kappa shape index (κ1) is 29.9. The maximum atomic E-state index is 13.3. The Morgan fingerprint density at radius 2 is 0.940 bits per heavy atom. The third kappa shape index (κ3) is 5.38. The summed E-state index contributed by atoms with van der Waals surface area (Å²) in [7, 11) is 0. The third-order valence-corrected chi connectivity index (χ3v) is 10.1. The number of rotatable bonds is 6. The first-order chi connectivity index (χ1) is 24.6. The van der Waals surface area contributed by atoms with E-state index in [0.717, 1.165) is 81.7 Å². The summed E-state index contributed by atoms with van der Waals surface area (Å²) < 4.78 is 0. The molecule has 2 aliphatic rings. The first-order valence-corrected chi connectivity index (χ1v) is 17.1. The molecular weight excluding hydrogens is 624 g/mol. The highest BCUT2D eigenvalue weighted by Crippen LogP contribution is 2.36. The molecule has 2 atom stereocenters. The summed E-state index contributed by atoms with van der Waals surface area (Å²) in [5, 5.41) is 0. The molecule has 3 aromatic carbocycles. The number of carbonyl (C=O) groups is 2.